The zero-order chi connectivity index (χ0) is 8.06. The Balaban J connectivity index is 2.10. The van der Waals surface area contributed by atoms with E-state index in [9.17, 15) is 0 Å². The van der Waals surface area contributed by atoms with Gasteiger partial charge in [-0.2, -0.15) is 0 Å². The van der Waals surface area contributed by atoms with Crippen LogP contribution in [0.4, 0.5) is 0 Å². The lowest BCUT2D eigenvalue weighted by molar-refractivity contribution is -0.101. The standard InChI is InChI=1S/C10H19N/c1-10(2)8-4-3-7(6-11)9(10)5-8/h7-9H,3-6,11H2,1-2H3/t7?,8?,9-/m0/s1. The fraction of sp³-hybridized carbons (Fsp3) is 1.00. The quantitative estimate of drug-likeness (QED) is 0.612. The van der Waals surface area contributed by atoms with E-state index < -0.39 is 0 Å². The Morgan fingerprint density at radius 3 is 2.45 bits per heavy atom. The average molecular weight is 153 g/mol. The van der Waals surface area contributed by atoms with Gasteiger partial charge in [0.1, 0.15) is 0 Å². The summed E-state index contributed by atoms with van der Waals surface area (Å²) < 4.78 is 0. The summed E-state index contributed by atoms with van der Waals surface area (Å²) >= 11 is 0. The Kier molecular flexibility index (Phi) is 1.54. The third kappa shape index (κ3) is 0.868. The molecule has 0 saturated heterocycles. The third-order valence-electron chi connectivity index (χ3n) is 4.30. The van der Waals surface area contributed by atoms with Crippen molar-refractivity contribution < 1.29 is 0 Å². The molecule has 64 valence electrons. The van der Waals surface area contributed by atoms with Crippen molar-refractivity contribution in [2.24, 2.45) is 28.9 Å². The highest BCUT2D eigenvalue weighted by molar-refractivity contribution is 5.03. The predicted octanol–water partition coefficient (Wildman–Crippen LogP) is 2.02. The van der Waals surface area contributed by atoms with Crippen LogP contribution in [0.15, 0.2) is 0 Å². The van der Waals surface area contributed by atoms with Crippen LogP contribution >= 0.6 is 0 Å². The summed E-state index contributed by atoms with van der Waals surface area (Å²) in [7, 11) is 0. The van der Waals surface area contributed by atoms with E-state index in [-0.39, 0.29) is 0 Å². The lowest BCUT2D eigenvalue weighted by atomic mass is 9.45. The molecular weight excluding hydrogens is 134 g/mol. The number of nitrogens with two attached hydrogens (primary N) is 1. The summed E-state index contributed by atoms with van der Waals surface area (Å²) in [6.07, 6.45) is 4.30. The van der Waals surface area contributed by atoms with Gasteiger partial charge in [0.15, 0.2) is 0 Å². The summed E-state index contributed by atoms with van der Waals surface area (Å²) in [5, 5.41) is 0. The van der Waals surface area contributed by atoms with E-state index >= 15 is 0 Å². The zero-order valence-electron chi connectivity index (χ0n) is 7.64. The first-order valence-electron chi connectivity index (χ1n) is 4.86. The van der Waals surface area contributed by atoms with Gasteiger partial charge in [-0.1, -0.05) is 13.8 Å². The van der Waals surface area contributed by atoms with E-state index in [2.05, 4.69) is 13.8 Å². The summed E-state index contributed by atoms with van der Waals surface area (Å²) in [5.41, 5.74) is 6.37. The first-order valence-corrected chi connectivity index (χ1v) is 4.86. The predicted molar refractivity (Wildman–Crippen MR) is 47.2 cm³/mol. The lowest BCUT2D eigenvalue weighted by Gasteiger charge is -2.60. The molecule has 3 atom stereocenters. The number of rotatable bonds is 1. The van der Waals surface area contributed by atoms with Crippen molar-refractivity contribution in [1.82, 2.24) is 0 Å². The molecule has 0 aliphatic heterocycles. The smallest absolute Gasteiger partial charge is 0.00460 e. The maximum atomic E-state index is 5.74. The van der Waals surface area contributed by atoms with E-state index in [4.69, 9.17) is 5.73 Å². The van der Waals surface area contributed by atoms with Gasteiger partial charge < -0.3 is 5.73 Å². The van der Waals surface area contributed by atoms with Crippen LogP contribution in [0.25, 0.3) is 0 Å². The van der Waals surface area contributed by atoms with Crippen LogP contribution < -0.4 is 5.73 Å². The monoisotopic (exact) mass is 153 g/mol. The summed E-state index contributed by atoms with van der Waals surface area (Å²) in [5.74, 6) is 2.82. The highest BCUT2D eigenvalue weighted by atomic mass is 14.6. The molecule has 2 bridgehead atoms. The Morgan fingerprint density at radius 1 is 1.36 bits per heavy atom. The van der Waals surface area contributed by atoms with Crippen LogP contribution in [0.1, 0.15) is 33.1 Å². The van der Waals surface area contributed by atoms with Gasteiger partial charge >= 0.3 is 0 Å². The Morgan fingerprint density at radius 2 is 2.09 bits per heavy atom. The summed E-state index contributed by atoms with van der Waals surface area (Å²) in [6.45, 7) is 5.77. The van der Waals surface area contributed by atoms with Crippen LogP contribution in [0.3, 0.4) is 0 Å². The minimum atomic E-state index is 0.627. The molecule has 11 heavy (non-hydrogen) atoms. The van der Waals surface area contributed by atoms with Crippen molar-refractivity contribution in [2.45, 2.75) is 33.1 Å². The van der Waals surface area contributed by atoms with Crippen molar-refractivity contribution in [3.63, 3.8) is 0 Å². The highest BCUT2D eigenvalue weighted by Crippen LogP contribution is 2.60. The molecule has 0 aromatic rings. The molecule has 1 nitrogen and oxygen atoms in total. The summed E-state index contributed by atoms with van der Waals surface area (Å²) in [4.78, 5) is 0. The molecule has 3 rings (SSSR count). The molecule has 0 amide bonds. The van der Waals surface area contributed by atoms with Crippen LogP contribution in [0.5, 0.6) is 0 Å². The van der Waals surface area contributed by atoms with E-state index in [0.29, 0.717) is 5.41 Å². The second kappa shape index (κ2) is 2.22. The van der Waals surface area contributed by atoms with Crippen LogP contribution in [-0.2, 0) is 0 Å². The topological polar surface area (TPSA) is 26.0 Å². The van der Waals surface area contributed by atoms with Gasteiger partial charge in [0, 0.05) is 0 Å². The third-order valence-corrected chi connectivity index (χ3v) is 4.30. The van der Waals surface area contributed by atoms with Gasteiger partial charge in [0.25, 0.3) is 0 Å². The van der Waals surface area contributed by atoms with Gasteiger partial charge in [0.05, 0.1) is 0 Å². The molecule has 3 fully saturated rings. The minimum Gasteiger partial charge on any atom is -0.330 e. The zero-order valence-corrected chi connectivity index (χ0v) is 7.64. The number of hydrogen-bond donors (Lipinski definition) is 1. The molecule has 3 aliphatic carbocycles. The SMILES string of the molecule is CC1(C)C2CCC(CN)[C@@H]1C2. The van der Waals surface area contributed by atoms with Gasteiger partial charge in [-0.3, -0.25) is 0 Å². The molecule has 0 radical (unpaired) electrons. The second-order valence-electron chi connectivity index (χ2n) is 4.93. The molecular formula is C10H19N. The maximum Gasteiger partial charge on any atom is -0.00460 e. The van der Waals surface area contributed by atoms with Gasteiger partial charge in [-0.25, -0.2) is 0 Å². The Hall–Kier alpha value is -0.0400. The van der Waals surface area contributed by atoms with E-state index in [1.165, 1.54) is 19.3 Å². The second-order valence-corrected chi connectivity index (χ2v) is 4.93. The van der Waals surface area contributed by atoms with Gasteiger partial charge in [-0.15, -0.1) is 0 Å². The molecule has 0 aromatic carbocycles. The number of fused-ring (bicyclic) bond motifs is 2. The molecule has 2 unspecified atom stereocenters. The fourth-order valence-electron chi connectivity index (χ4n) is 3.24. The molecule has 3 aliphatic rings. The van der Waals surface area contributed by atoms with E-state index in [0.717, 1.165) is 24.3 Å². The molecule has 0 heterocycles. The Labute approximate surface area is 69.4 Å². The van der Waals surface area contributed by atoms with Gasteiger partial charge in [0.2, 0.25) is 0 Å². The van der Waals surface area contributed by atoms with E-state index in [1.54, 1.807) is 0 Å². The van der Waals surface area contributed by atoms with Crippen LogP contribution in [-0.4, -0.2) is 6.54 Å². The fourth-order valence-corrected chi connectivity index (χ4v) is 3.24. The first-order chi connectivity index (χ1) is 5.16. The summed E-state index contributed by atoms with van der Waals surface area (Å²) in [6, 6.07) is 0. The van der Waals surface area contributed by atoms with Crippen molar-refractivity contribution in [1.29, 1.82) is 0 Å². The van der Waals surface area contributed by atoms with Crippen molar-refractivity contribution >= 4 is 0 Å². The van der Waals surface area contributed by atoms with Crippen molar-refractivity contribution in [3.8, 4) is 0 Å². The molecule has 3 saturated carbocycles. The average Bonchev–Trinajstić information content (AvgIpc) is 2.04. The molecule has 2 N–H and O–H groups in total. The van der Waals surface area contributed by atoms with Crippen LogP contribution in [0.2, 0.25) is 0 Å². The lowest BCUT2D eigenvalue weighted by Crippen LogP contribution is -2.53. The van der Waals surface area contributed by atoms with Gasteiger partial charge in [-0.05, 0) is 49.0 Å². The number of hydrogen-bond acceptors (Lipinski definition) is 1. The maximum absolute atomic E-state index is 5.74. The first kappa shape index (κ1) is 7.60. The molecule has 0 spiro atoms. The minimum absolute atomic E-state index is 0.627. The van der Waals surface area contributed by atoms with E-state index in [1.807, 2.05) is 0 Å². The highest BCUT2D eigenvalue weighted by Gasteiger charge is 2.53. The normalized spacial score (nSPS) is 46.6. The van der Waals surface area contributed by atoms with Crippen molar-refractivity contribution in [2.75, 3.05) is 6.54 Å². The molecule has 1 heteroatoms. The van der Waals surface area contributed by atoms with Crippen LogP contribution in [0, 0.1) is 23.2 Å². The van der Waals surface area contributed by atoms with Crippen molar-refractivity contribution in [3.05, 3.63) is 0 Å². The Bertz CT molecular complexity index is 160. The largest absolute Gasteiger partial charge is 0.330 e. The molecule has 0 aromatic heterocycles.